The Morgan fingerprint density at radius 1 is 0.925 bits per heavy atom. The average Bonchev–Trinajstić information content (AvgIpc) is 3.36. The molecule has 0 heterocycles. The van der Waals surface area contributed by atoms with E-state index in [9.17, 15) is 19.5 Å². The zero-order valence-corrected chi connectivity index (χ0v) is 35.1. The number of ether oxygens (including phenoxy) is 2. The number of amides is 1. The molecule has 53 heavy (non-hydrogen) atoms. The molecule has 9 atom stereocenters. The van der Waals surface area contributed by atoms with Crippen molar-refractivity contribution in [3.8, 4) is 0 Å². The van der Waals surface area contributed by atoms with Crippen molar-refractivity contribution in [2.75, 3.05) is 6.54 Å². The van der Waals surface area contributed by atoms with Gasteiger partial charge >= 0.3 is 12.1 Å². The number of aliphatic hydroxyl groups is 1. The van der Waals surface area contributed by atoms with Gasteiger partial charge in [0.05, 0.1) is 12.6 Å². The molecule has 1 N–H and O–H groups in total. The van der Waals surface area contributed by atoms with Gasteiger partial charge in [-0.15, -0.1) is 0 Å². The average molecular weight is 752 g/mol. The van der Waals surface area contributed by atoms with Crippen molar-refractivity contribution >= 4 is 29.4 Å². The predicted molar refractivity (Wildman–Crippen MR) is 209 cm³/mol. The maximum absolute atomic E-state index is 14.3. The Bertz CT molecular complexity index is 1640. The summed E-state index contributed by atoms with van der Waals surface area (Å²) >= 11 is 6.19. The summed E-state index contributed by atoms with van der Waals surface area (Å²) in [5.41, 5.74) is 1.57. The molecule has 4 saturated carbocycles. The molecule has 0 unspecified atom stereocenters. The second-order valence-corrected chi connectivity index (χ2v) is 20.8. The van der Waals surface area contributed by atoms with Crippen LogP contribution < -0.4 is 0 Å². The smallest absolute Gasteiger partial charge is 0.410 e. The van der Waals surface area contributed by atoms with Crippen LogP contribution >= 0.6 is 11.6 Å². The topological polar surface area (TPSA) is 93.1 Å². The molecule has 4 fully saturated rings. The van der Waals surface area contributed by atoms with Crippen LogP contribution in [0.15, 0.2) is 35.4 Å². The maximum Gasteiger partial charge on any atom is 0.410 e. The monoisotopic (exact) mass is 751 g/mol. The van der Waals surface area contributed by atoms with Crippen molar-refractivity contribution in [3.05, 3.63) is 46.0 Å². The highest BCUT2D eigenvalue weighted by atomic mass is 35.5. The zero-order chi connectivity index (χ0) is 39.1. The molecule has 0 aromatic heterocycles. The van der Waals surface area contributed by atoms with E-state index < -0.39 is 23.2 Å². The summed E-state index contributed by atoms with van der Waals surface area (Å²) in [6.45, 7) is 23.9. The number of aliphatic hydroxyl groups excluding tert-OH is 1. The van der Waals surface area contributed by atoms with E-state index in [0.29, 0.717) is 29.7 Å². The fraction of sp³-hybridized carbons (Fsp3) is 0.756. The molecule has 5 aliphatic carbocycles. The molecule has 6 rings (SSSR count). The quantitative estimate of drug-likeness (QED) is 0.279. The highest BCUT2D eigenvalue weighted by Crippen LogP contribution is 2.77. The first kappa shape index (κ1) is 40.3. The van der Waals surface area contributed by atoms with Crippen molar-refractivity contribution in [2.24, 2.45) is 50.7 Å². The number of ketones is 1. The van der Waals surface area contributed by atoms with Gasteiger partial charge < -0.3 is 19.5 Å². The Hall–Kier alpha value is -2.38. The van der Waals surface area contributed by atoms with Gasteiger partial charge in [0.25, 0.3) is 0 Å². The van der Waals surface area contributed by atoms with Crippen molar-refractivity contribution in [1.82, 2.24) is 4.90 Å². The number of hydrogen-bond donors (Lipinski definition) is 1. The number of hydrogen-bond acceptors (Lipinski definition) is 6. The third-order valence-electron chi connectivity index (χ3n) is 15.7. The number of allylic oxidation sites excluding steroid dienone is 1. The van der Waals surface area contributed by atoms with Crippen molar-refractivity contribution in [3.63, 3.8) is 0 Å². The second-order valence-electron chi connectivity index (χ2n) is 20.3. The van der Waals surface area contributed by atoms with E-state index in [1.54, 1.807) is 4.90 Å². The molecule has 0 aliphatic heterocycles. The summed E-state index contributed by atoms with van der Waals surface area (Å²) in [4.78, 5) is 41.8. The molecule has 1 aromatic carbocycles. The van der Waals surface area contributed by atoms with Crippen LogP contribution in [0, 0.1) is 50.7 Å². The fourth-order valence-corrected chi connectivity index (χ4v) is 13.3. The van der Waals surface area contributed by atoms with Crippen LogP contribution in [0.4, 0.5) is 4.79 Å². The van der Waals surface area contributed by atoms with Gasteiger partial charge in [-0.3, -0.25) is 9.59 Å². The fourth-order valence-electron chi connectivity index (χ4n) is 13.2. The standard InChI is InChI=1S/C45H66ClNO6/c1-27(2)37-32(49)24-45(35(50)26-47(39(51)53-40(4,5)6)25-29-12-14-30(46)15-13-29)23-22-43(10)31(38(37)45)16-17-34-42(9)20-19-36(52-28(3)48)41(7,8)33(42)18-21-44(34,43)11/h12-15,27,31,33-36,50H,16-26H2,1-11H3/t31-,33+,34-,35-,36+,42+,43-,44-,45+/m1/s1. The van der Waals surface area contributed by atoms with Gasteiger partial charge in [-0.2, -0.15) is 0 Å². The normalized spacial score (nSPS) is 36.9. The molecule has 0 spiro atoms. The van der Waals surface area contributed by atoms with E-state index in [1.807, 2.05) is 45.0 Å². The number of benzene rings is 1. The summed E-state index contributed by atoms with van der Waals surface area (Å²) < 4.78 is 11.8. The number of halogens is 1. The summed E-state index contributed by atoms with van der Waals surface area (Å²) in [7, 11) is 0. The number of rotatable bonds is 7. The van der Waals surface area contributed by atoms with Crippen LogP contribution in [0.1, 0.15) is 140 Å². The number of carbonyl (C=O) groups is 3. The minimum atomic E-state index is -0.932. The molecule has 294 valence electrons. The summed E-state index contributed by atoms with van der Waals surface area (Å²) in [5, 5.41) is 13.2. The molecule has 5 aliphatic rings. The number of esters is 1. The van der Waals surface area contributed by atoms with Crippen molar-refractivity contribution in [2.45, 2.75) is 158 Å². The van der Waals surface area contributed by atoms with E-state index in [4.69, 9.17) is 21.1 Å². The molecule has 8 heteroatoms. The first-order valence-corrected chi connectivity index (χ1v) is 20.7. The third kappa shape index (κ3) is 6.60. The van der Waals surface area contributed by atoms with Gasteiger partial charge in [0.2, 0.25) is 0 Å². The number of nitrogens with zero attached hydrogens (tertiary/aromatic N) is 1. The first-order valence-electron chi connectivity index (χ1n) is 20.4. The lowest BCUT2D eigenvalue weighted by molar-refractivity contribution is -0.234. The third-order valence-corrected chi connectivity index (χ3v) is 16.0. The predicted octanol–water partition coefficient (Wildman–Crippen LogP) is 10.4. The molecule has 7 nitrogen and oxygen atoms in total. The second kappa shape index (κ2) is 13.7. The van der Waals surface area contributed by atoms with Gasteiger partial charge in [0.1, 0.15) is 11.7 Å². The van der Waals surface area contributed by atoms with Crippen molar-refractivity contribution < 1.29 is 29.0 Å². The van der Waals surface area contributed by atoms with E-state index in [-0.39, 0.29) is 64.4 Å². The Morgan fingerprint density at radius 2 is 1.58 bits per heavy atom. The minimum Gasteiger partial charge on any atom is -0.462 e. The minimum absolute atomic E-state index is 0.0422. The Morgan fingerprint density at radius 3 is 2.19 bits per heavy atom. The summed E-state index contributed by atoms with van der Waals surface area (Å²) in [6, 6.07) is 7.42. The van der Waals surface area contributed by atoms with Crippen LogP contribution in [0.5, 0.6) is 0 Å². The highest BCUT2D eigenvalue weighted by molar-refractivity contribution is 6.30. The number of Topliss-reactive ketones (excluding diaryl/α,β-unsaturated/α-hetero) is 1. The SMILES string of the molecule is CC(=O)O[C@H]1CC[C@]2(C)[C@H]3CC[C@@H]4C5=C(C(C)C)C(=O)C[C@]5([C@H](O)CN(Cc5ccc(Cl)cc5)C(=O)OC(C)(C)C)CC[C@@]4(C)[C@]3(C)CC[C@H]2C1(C)C. The van der Waals surface area contributed by atoms with Gasteiger partial charge in [-0.25, -0.2) is 4.79 Å². The van der Waals surface area contributed by atoms with Crippen LogP contribution in [-0.4, -0.2) is 52.2 Å². The molecule has 0 saturated heterocycles. The Balaban J connectivity index is 1.35. The molecule has 0 radical (unpaired) electrons. The largest absolute Gasteiger partial charge is 0.462 e. The lowest BCUT2D eigenvalue weighted by Crippen LogP contribution is -2.66. The maximum atomic E-state index is 14.3. The van der Waals surface area contributed by atoms with Crippen LogP contribution in [0.25, 0.3) is 0 Å². The van der Waals surface area contributed by atoms with Gasteiger partial charge in [0.15, 0.2) is 5.78 Å². The Kier molecular flexibility index (Phi) is 10.4. The van der Waals surface area contributed by atoms with E-state index in [1.165, 1.54) is 12.5 Å². The number of fused-ring (bicyclic) bond motifs is 7. The first-order chi connectivity index (χ1) is 24.5. The zero-order valence-electron chi connectivity index (χ0n) is 34.4. The lowest BCUT2D eigenvalue weighted by Gasteiger charge is -2.72. The van der Waals surface area contributed by atoms with E-state index >= 15 is 0 Å². The van der Waals surface area contributed by atoms with Gasteiger partial charge in [-0.1, -0.05) is 77.8 Å². The highest BCUT2D eigenvalue weighted by Gasteiger charge is 2.70. The molecular formula is C45H66ClNO6. The van der Waals surface area contributed by atoms with Crippen molar-refractivity contribution in [1.29, 1.82) is 0 Å². The summed E-state index contributed by atoms with van der Waals surface area (Å²) in [6.07, 6.45) is 6.65. The van der Waals surface area contributed by atoms with Crippen LogP contribution in [0.3, 0.4) is 0 Å². The Labute approximate surface area is 324 Å². The molecule has 0 bridgehead atoms. The number of carbonyl (C=O) groups excluding carboxylic acids is 3. The van der Waals surface area contributed by atoms with Gasteiger partial charge in [-0.05, 0) is 135 Å². The molecular weight excluding hydrogens is 686 g/mol. The molecule has 1 amide bonds. The van der Waals surface area contributed by atoms with Crippen LogP contribution in [-0.2, 0) is 25.6 Å². The van der Waals surface area contributed by atoms with E-state index in [2.05, 4.69) is 48.5 Å². The van der Waals surface area contributed by atoms with Gasteiger partial charge in [0, 0.05) is 35.7 Å². The van der Waals surface area contributed by atoms with E-state index in [0.717, 1.165) is 56.1 Å². The summed E-state index contributed by atoms with van der Waals surface area (Å²) in [5.74, 6) is 1.15. The lowest BCUT2D eigenvalue weighted by atomic mass is 9.33. The molecule has 1 aromatic rings. The van der Waals surface area contributed by atoms with Crippen LogP contribution in [0.2, 0.25) is 5.02 Å².